The van der Waals surface area contributed by atoms with Crippen LogP contribution in [-0.4, -0.2) is 40.7 Å². The summed E-state index contributed by atoms with van der Waals surface area (Å²) in [5, 5.41) is 15.4. The molecule has 2 amide bonds. The van der Waals surface area contributed by atoms with Gasteiger partial charge in [0.05, 0.1) is 6.10 Å². The molecule has 1 fully saturated rings. The van der Waals surface area contributed by atoms with Crippen LogP contribution in [0.5, 0.6) is 0 Å². The number of aliphatic hydroxyl groups excluding tert-OH is 1. The van der Waals surface area contributed by atoms with Crippen molar-refractivity contribution in [1.82, 2.24) is 4.90 Å². The van der Waals surface area contributed by atoms with E-state index in [-0.39, 0.29) is 17.9 Å². The minimum Gasteiger partial charge on any atom is -0.444 e. The van der Waals surface area contributed by atoms with E-state index in [1.807, 2.05) is 45.0 Å². The van der Waals surface area contributed by atoms with Crippen LogP contribution < -0.4 is 5.32 Å². The highest BCUT2D eigenvalue weighted by atomic mass is 16.6. The van der Waals surface area contributed by atoms with Crippen LogP contribution in [0.2, 0.25) is 0 Å². The predicted molar refractivity (Wildman–Crippen MR) is 98.2 cm³/mol. The first kappa shape index (κ1) is 16.8. The van der Waals surface area contributed by atoms with Gasteiger partial charge in [-0.1, -0.05) is 18.2 Å². The number of nitrogens with one attached hydrogen (secondary N) is 1. The van der Waals surface area contributed by atoms with Crippen LogP contribution in [-0.2, 0) is 4.74 Å². The van der Waals surface area contributed by atoms with Crippen LogP contribution >= 0.6 is 0 Å². The number of rotatable bonds is 2. The van der Waals surface area contributed by atoms with Crippen LogP contribution in [0.4, 0.5) is 10.5 Å². The van der Waals surface area contributed by atoms with Crippen molar-refractivity contribution in [3.05, 3.63) is 41.5 Å². The number of amides is 2. The Balaban J connectivity index is 1.54. The molecule has 2 aromatic rings. The third-order valence-corrected chi connectivity index (χ3v) is 4.89. The van der Waals surface area contributed by atoms with Gasteiger partial charge in [0, 0.05) is 35.6 Å². The Hall–Kier alpha value is -2.60. The summed E-state index contributed by atoms with van der Waals surface area (Å²) in [6, 6.07) is 9.23. The van der Waals surface area contributed by atoms with Gasteiger partial charge in [-0.3, -0.25) is 4.79 Å². The van der Waals surface area contributed by atoms with Gasteiger partial charge < -0.3 is 20.1 Å². The van der Waals surface area contributed by atoms with Gasteiger partial charge in [-0.15, -0.1) is 0 Å². The lowest BCUT2D eigenvalue weighted by molar-refractivity contribution is -0.0311. The van der Waals surface area contributed by atoms with Crippen molar-refractivity contribution in [3.63, 3.8) is 0 Å². The van der Waals surface area contributed by atoms with Gasteiger partial charge in [-0.2, -0.15) is 0 Å². The second kappa shape index (κ2) is 5.71. The summed E-state index contributed by atoms with van der Waals surface area (Å²) in [5.74, 6) is -0.165. The number of carbonyl (C=O) groups excluding carboxylic acids is 2. The fourth-order valence-corrected chi connectivity index (χ4v) is 3.61. The average molecular weight is 354 g/mol. The van der Waals surface area contributed by atoms with Crippen molar-refractivity contribution >= 4 is 28.5 Å². The summed E-state index contributed by atoms with van der Waals surface area (Å²) in [6.45, 7) is 6.41. The molecule has 0 aromatic heterocycles. The van der Waals surface area contributed by atoms with Crippen LogP contribution in [0.3, 0.4) is 0 Å². The molecule has 2 N–H and O–H groups in total. The molecule has 4 rings (SSSR count). The maximum Gasteiger partial charge on any atom is 0.410 e. The number of likely N-dealkylation sites (tertiary alicyclic amines) is 1. The van der Waals surface area contributed by atoms with Crippen molar-refractivity contribution in [2.75, 3.05) is 18.4 Å². The summed E-state index contributed by atoms with van der Waals surface area (Å²) in [7, 11) is 0. The Bertz CT molecular complexity index is 910. The minimum atomic E-state index is -0.700. The molecule has 136 valence electrons. The van der Waals surface area contributed by atoms with Gasteiger partial charge in [-0.05, 0) is 43.9 Å². The molecule has 2 aromatic carbocycles. The standard InChI is InChI=1S/C20H22N2O4/c1-20(2,3)26-19(25)22-9-11(10-22)17(23)13-7-8-14-16-12(13)5-4-6-15(16)21-18(14)24/h4-8,11,17,23H,9-10H2,1-3H3,(H,21,24). The largest absolute Gasteiger partial charge is 0.444 e. The minimum absolute atomic E-state index is 0.0513. The molecule has 0 aliphatic carbocycles. The fraction of sp³-hybridized carbons (Fsp3) is 0.400. The highest BCUT2D eigenvalue weighted by Crippen LogP contribution is 2.40. The van der Waals surface area contributed by atoms with Gasteiger partial charge in [-0.25, -0.2) is 4.79 Å². The summed E-state index contributed by atoms with van der Waals surface area (Å²) >= 11 is 0. The summed E-state index contributed by atoms with van der Waals surface area (Å²) in [6.07, 6.45) is -1.05. The third kappa shape index (κ3) is 2.70. The number of carbonyl (C=O) groups is 2. The van der Waals surface area contributed by atoms with Gasteiger partial charge in [0.1, 0.15) is 5.60 Å². The summed E-state index contributed by atoms with van der Waals surface area (Å²) in [4.78, 5) is 25.7. The van der Waals surface area contributed by atoms with E-state index in [0.717, 1.165) is 22.0 Å². The molecule has 6 nitrogen and oxygen atoms in total. The molecule has 0 radical (unpaired) electrons. The van der Waals surface area contributed by atoms with Crippen molar-refractivity contribution in [2.24, 2.45) is 5.92 Å². The first-order chi connectivity index (χ1) is 12.2. The average Bonchev–Trinajstić information content (AvgIpc) is 2.82. The maximum absolute atomic E-state index is 12.1. The molecule has 0 spiro atoms. The number of benzene rings is 2. The lowest BCUT2D eigenvalue weighted by atomic mass is 9.86. The van der Waals surface area contributed by atoms with E-state index in [4.69, 9.17) is 4.74 Å². The van der Waals surface area contributed by atoms with Gasteiger partial charge in [0.2, 0.25) is 0 Å². The number of aliphatic hydroxyl groups is 1. The number of ether oxygens (including phenoxy) is 1. The van der Waals surface area contributed by atoms with E-state index in [1.165, 1.54) is 0 Å². The molecule has 2 aliphatic rings. The van der Waals surface area contributed by atoms with E-state index in [9.17, 15) is 14.7 Å². The second-order valence-corrected chi connectivity index (χ2v) is 7.97. The molecule has 2 aliphatic heterocycles. The van der Waals surface area contributed by atoms with Crippen molar-refractivity contribution in [3.8, 4) is 0 Å². The lowest BCUT2D eigenvalue weighted by Crippen LogP contribution is -2.53. The van der Waals surface area contributed by atoms with Crippen molar-refractivity contribution < 1.29 is 19.4 Å². The quantitative estimate of drug-likeness (QED) is 0.867. The summed E-state index contributed by atoms with van der Waals surface area (Å²) in [5.41, 5.74) is 1.67. The molecule has 0 saturated carbocycles. The molecular formula is C20H22N2O4. The van der Waals surface area contributed by atoms with Crippen LogP contribution in [0.1, 0.15) is 42.8 Å². The number of hydrogen-bond acceptors (Lipinski definition) is 4. The molecule has 0 bridgehead atoms. The molecule has 26 heavy (non-hydrogen) atoms. The Morgan fingerprint density at radius 1 is 1.27 bits per heavy atom. The Morgan fingerprint density at radius 2 is 2.00 bits per heavy atom. The molecule has 1 atom stereocenters. The number of nitrogens with zero attached hydrogens (tertiary/aromatic N) is 1. The van der Waals surface area contributed by atoms with E-state index < -0.39 is 11.7 Å². The second-order valence-electron chi connectivity index (χ2n) is 7.97. The van der Waals surface area contributed by atoms with Gasteiger partial charge >= 0.3 is 6.09 Å². The first-order valence-corrected chi connectivity index (χ1v) is 8.77. The Kier molecular flexibility index (Phi) is 3.70. The van der Waals surface area contributed by atoms with Crippen molar-refractivity contribution in [1.29, 1.82) is 0 Å². The van der Waals surface area contributed by atoms with E-state index in [2.05, 4.69) is 5.32 Å². The van der Waals surface area contributed by atoms with E-state index >= 15 is 0 Å². The van der Waals surface area contributed by atoms with Crippen LogP contribution in [0.25, 0.3) is 10.8 Å². The fourth-order valence-electron chi connectivity index (χ4n) is 3.61. The van der Waals surface area contributed by atoms with Gasteiger partial charge in [0.15, 0.2) is 0 Å². The Morgan fingerprint density at radius 3 is 2.69 bits per heavy atom. The SMILES string of the molecule is CC(C)(C)OC(=O)N1CC(C(O)c2ccc3c4c(cccc24)NC3=O)C1. The highest BCUT2D eigenvalue weighted by molar-refractivity contribution is 6.24. The topological polar surface area (TPSA) is 78.9 Å². The van der Waals surface area contributed by atoms with Crippen LogP contribution in [0.15, 0.2) is 30.3 Å². The molecule has 2 heterocycles. The van der Waals surface area contributed by atoms with Crippen LogP contribution in [0, 0.1) is 5.92 Å². The number of hydrogen-bond donors (Lipinski definition) is 2. The van der Waals surface area contributed by atoms with Crippen molar-refractivity contribution in [2.45, 2.75) is 32.5 Å². The predicted octanol–water partition coefficient (Wildman–Crippen LogP) is 3.31. The number of anilines is 1. The smallest absolute Gasteiger partial charge is 0.410 e. The Labute approximate surface area is 151 Å². The van der Waals surface area contributed by atoms with Gasteiger partial charge in [0.25, 0.3) is 5.91 Å². The third-order valence-electron chi connectivity index (χ3n) is 4.89. The molecule has 1 unspecified atom stereocenters. The lowest BCUT2D eigenvalue weighted by Gasteiger charge is -2.42. The monoisotopic (exact) mass is 354 g/mol. The zero-order valence-corrected chi connectivity index (χ0v) is 15.1. The summed E-state index contributed by atoms with van der Waals surface area (Å²) < 4.78 is 5.36. The maximum atomic E-state index is 12.1. The van der Waals surface area contributed by atoms with E-state index in [0.29, 0.717) is 18.7 Å². The normalized spacial score (nSPS) is 17.8. The zero-order valence-electron chi connectivity index (χ0n) is 15.1. The highest BCUT2D eigenvalue weighted by Gasteiger charge is 2.39. The van der Waals surface area contributed by atoms with E-state index in [1.54, 1.807) is 11.0 Å². The zero-order chi connectivity index (χ0) is 18.6. The molecular weight excluding hydrogens is 332 g/mol. The molecule has 6 heteroatoms. The molecule has 1 saturated heterocycles. The first-order valence-electron chi connectivity index (χ1n) is 8.77.